The quantitative estimate of drug-likeness (QED) is 0.330. The molecule has 1 saturated heterocycles. The zero-order valence-corrected chi connectivity index (χ0v) is 15.0. The van der Waals surface area contributed by atoms with Crippen LogP contribution in [0.25, 0.3) is 0 Å². The summed E-state index contributed by atoms with van der Waals surface area (Å²) in [5, 5.41) is 0. The Labute approximate surface area is 147 Å². The minimum absolute atomic E-state index is 0.0784. The van der Waals surface area contributed by atoms with E-state index in [-0.39, 0.29) is 47.9 Å². The molecule has 2 fully saturated rings. The van der Waals surface area contributed by atoms with Crippen LogP contribution in [0.2, 0.25) is 0 Å². The Morgan fingerprint density at radius 2 is 2.00 bits per heavy atom. The van der Waals surface area contributed by atoms with E-state index in [2.05, 4.69) is 6.58 Å². The highest BCUT2D eigenvalue weighted by molar-refractivity contribution is 5.91. The third kappa shape index (κ3) is 2.98. The van der Waals surface area contributed by atoms with Crippen molar-refractivity contribution in [3.05, 3.63) is 23.8 Å². The van der Waals surface area contributed by atoms with E-state index >= 15 is 0 Å². The zero-order chi connectivity index (χ0) is 18.5. The lowest BCUT2D eigenvalue weighted by atomic mass is 9.77. The van der Waals surface area contributed by atoms with Crippen LogP contribution in [-0.4, -0.2) is 35.7 Å². The van der Waals surface area contributed by atoms with Gasteiger partial charge in [-0.2, -0.15) is 0 Å². The second-order valence-corrected chi connectivity index (χ2v) is 7.54. The predicted molar refractivity (Wildman–Crippen MR) is 88.2 cm³/mol. The van der Waals surface area contributed by atoms with Gasteiger partial charge in [0.25, 0.3) is 0 Å². The molecule has 6 nitrogen and oxygen atoms in total. The molecule has 6 atom stereocenters. The highest BCUT2D eigenvalue weighted by Gasteiger charge is 2.58. The van der Waals surface area contributed by atoms with Crippen molar-refractivity contribution in [3.8, 4) is 0 Å². The van der Waals surface area contributed by atoms with Gasteiger partial charge >= 0.3 is 17.9 Å². The number of carbonyl (C=O) groups is 3. The van der Waals surface area contributed by atoms with Crippen molar-refractivity contribution in [2.24, 2.45) is 17.8 Å². The summed E-state index contributed by atoms with van der Waals surface area (Å²) in [6, 6.07) is 0. The Kier molecular flexibility index (Phi) is 4.25. The lowest BCUT2D eigenvalue weighted by Crippen LogP contribution is -2.38. The Morgan fingerprint density at radius 1 is 1.32 bits per heavy atom. The molecule has 0 radical (unpaired) electrons. The molecule has 1 saturated carbocycles. The van der Waals surface area contributed by atoms with E-state index in [1.807, 2.05) is 19.9 Å². The summed E-state index contributed by atoms with van der Waals surface area (Å²) >= 11 is 0. The maximum atomic E-state index is 11.9. The molecule has 1 heterocycles. The van der Waals surface area contributed by atoms with E-state index in [1.165, 1.54) is 13.8 Å². The second-order valence-electron chi connectivity index (χ2n) is 7.54. The molecule has 3 aliphatic rings. The van der Waals surface area contributed by atoms with Gasteiger partial charge in [0.05, 0.1) is 0 Å². The number of carbonyl (C=O) groups excluding carboxylic acids is 3. The van der Waals surface area contributed by atoms with E-state index in [1.54, 1.807) is 0 Å². The van der Waals surface area contributed by atoms with E-state index in [0.29, 0.717) is 18.4 Å². The lowest BCUT2D eigenvalue weighted by molar-refractivity contribution is -0.160. The van der Waals surface area contributed by atoms with Crippen molar-refractivity contribution >= 4 is 17.9 Å². The van der Waals surface area contributed by atoms with Gasteiger partial charge in [0.15, 0.2) is 0 Å². The SMILES string of the molecule is C=C1C(=O)OC2C=C(C)C3C(OC(C)=O)CC(C)(OC(C)=O)C3CC12. The summed E-state index contributed by atoms with van der Waals surface area (Å²) in [6.07, 6.45) is 2.23. The first kappa shape index (κ1) is 17.7. The van der Waals surface area contributed by atoms with E-state index in [4.69, 9.17) is 14.2 Å². The molecule has 1 aliphatic heterocycles. The number of fused-ring (bicyclic) bond motifs is 2. The lowest BCUT2D eigenvalue weighted by Gasteiger charge is -2.34. The fourth-order valence-electron chi connectivity index (χ4n) is 4.80. The third-order valence-corrected chi connectivity index (χ3v) is 5.73. The van der Waals surface area contributed by atoms with Crippen molar-refractivity contribution < 1.29 is 28.6 Å². The summed E-state index contributed by atoms with van der Waals surface area (Å²) in [5.74, 6) is -1.41. The molecule has 0 spiro atoms. The third-order valence-electron chi connectivity index (χ3n) is 5.73. The van der Waals surface area contributed by atoms with Gasteiger partial charge < -0.3 is 14.2 Å². The van der Waals surface area contributed by atoms with Crippen molar-refractivity contribution in [1.29, 1.82) is 0 Å². The van der Waals surface area contributed by atoms with Crippen molar-refractivity contribution in [3.63, 3.8) is 0 Å². The molecule has 0 bridgehead atoms. The molecule has 6 unspecified atom stereocenters. The Morgan fingerprint density at radius 3 is 2.60 bits per heavy atom. The number of hydrogen-bond acceptors (Lipinski definition) is 6. The molecule has 2 aliphatic carbocycles. The number of ether oxygens (including phenoxy) is 3. The van der Waals surface area contributed by atoms with Crippen LogP contribution in [-0.2, 0) is 28.6 Å². The summed E-state index contributed by atoms with van der Waals surface area (Å²) in [5.41, 5.74) is 0.671. The first-order chi connectivity index (χ1) is 11.6. The van der Waals surface area contributed by atoms with Crippen molar-refractivity contribution in [1.82, 2.24) is 0 Å². The fraction of sp³-hybridized carbons (Fsp3) is 0.632. The molecule has 3 rings (SSSR count). The van der Waals surface area contributed by atoms with Crippen LogP contribution in [0.15, 0.2) is 23.8 Å². The highest BCUT2D eigenvalue weighted by atomic mass is 16.6. The normalized spacial score (nSPS) is 39.7. The van der Waals surface area contributed by atoms with Gasteiger partial charge in [-0.1, -0.05) is 12.2 Å². The Hall–Kier alpha value is -2.11. The summed E-state index contributed by atoms with van der Waals surface area (Å²) < 4.78 is 16.7. The largest absolute Gasteiger partial charge is 0.462 e. The van der Waals surface area contributed by atoms with Crippen LogP contribution in [0.1, 0.15) is 40.5 Å². The average Bonchev–Trinajstić information content (AvgIpc) is 2.80. The molecular formula is C19H24O6. The summed E-state index contributed by atoms with van der Waals surface area (Å²) in [6.45, 7) is 10.5. The van der Waals surface area contributed by atoms with Crippen LogP contribution in [0, 0.1) is 17.8 Å². The van der Waals surface area contributed by atoms with Crippen molar-refractivity contribution in [2.45, 2.75) is 58.3 Å². The Bertz CT molecular complexity index is 677. The van der Waals surface area contributed by atoms with E-state index in [9.17, 15) is 14.4 Å². The van der Waals surface area contributed by atoms with Gasteiger partial charge in [-0.05, 0) is 26.3 Å². The van der Waals surface area contributed by atoms with E-state index < -0.39 is 5.60 Å². The smallest absolute Gasteiger partial charge is 0.334 e. The van der Waals surface area contributed by atoms with Gasteiger partial charge in [-0.3, -0.25) is 9.59 Å². The minimum Gasteiger partial charge on any atom is -0.462 e. The molecule has 0 N–H and O–H groups in total. The minimum atomic E-state index is -0.771. The topological polar surface area (TPSA) is 78.9 Å². The number of hydrogen-bond donors (Lipinski definition) is 0. The van der Waals surface area contributed by atoms with Crippen LogP contribution in [0.4, 0.5) is 0 Å². The standard InChI is InChI=1S/C19H24O6/c1-9-6-15-13(10(2)18(22)24-15)7-14-17(9)16(23-11(3)20)8-19(14,5)25-12(4)21/h6,13-17H,2,7-8H2,1,3-5H3. The van der Waals surface area contributed by atoms with Crippen LogP contribution >= 0.6 is 0 Å². The van der Waals surface area contributed by atoms with Crippen LogP contribution in [0.5, 0.6) is 0 Å². The highest BCUT2D eigenvalue weighted by Crippen LogP contribution is 2.53. The first-order valence-corrected chi connectivity index (χ1v) is 8.57. The summed E-state index contributed by atoms with van der Waals surface area (Å²) in [7, 11) is 0. The second kappa shape index (κ2) is 6.00. The van der Waals surface area contributed by atoms with E-state index in [0.717, 1.165) is 5.57 Å². The van der Waals surface area contributed by atoms with Crippen LogP contribution in [0.3, 0.4) is 0 Å². The number of esters is 3. The molecule has 136 valence electrons. The van der Waals surface area contributed by atoms with Gasteiger partial charge in [0.2, 0.25) is 0 Å². The molecule has 25 heavy (non-hydrogen) atoms. The molecular weight excluding hydrogens is 324 g/mol. The fourth-order valence-corrected chi connectivity index (χ4v) is 4.80. The Balaban J connectivity index is 2.01. The molecule has 0 amide bonds. The average molecular weight is 348 g/mol. The van der Waals surface area contributed by atoms with Crippen molar-refractivity contribution in [2.75, 3.05) is 0 Å². The van der Waals surface area contributed by atoms with Crippen LogP contribution < -0.4 is 0 Å². The van der Waals surface area contributed by atoms with Gasteiger partial charge in [-0.15, -0.1) is 0 Å². The van der Waals surface area contributed by atoms with Gasteiger partial charge in [0.1, 0.15) is 17.8 Å². The predicted octanol–water partition coefficient (Wildman–Crippen LogP) is 2.32. The molecule has 0 aromatic rings. The number of rotatable bonds is 2. The van der Waals surface area contributed by atoms with Gasteiger partial charge in [-0.25, -0.2) is 4.79 Å². The first-order valence-electron chi connectivity index (χ1n) is 8.57. The van der Waals surface area contributed by atoms with Gasteiger partial charge in [0, 0.05) is 43.6 Å². The molecule has 6 heteroatoms. The summed E-state index contributed by atoms with van der Waals surface area (Å²) in [4.78, 5) is 35.1. The molecule has 0 aromatic heterocycles. The maximum Gasteiger partial charge on any atom is 0.334 e. The zero-order valence-electron chi connectivity index (χ0n) is 15.0. The molecule has 0 aromatic carbocycles. The maximum absolute atomic E-state index is 11.9. The monoisotopic (exact) mass is 348 g/mol.